The molecule has 0 bridgehead atoms. The highest BCUT2D eigenvalue weighted by Gasteiger charge is 2.41. The zero-order valence-corrected chi connectivity index (χ0v) is 11.4. The number of hydrogen-bond donors (Lipinski definition) is 1. The molecule has 0 saturated heterocycles. The van der Waals surface area contributed by atoms with Crippen LogP contribution in [0.3, 0.4) is 0 Å². The molecule has 0 heterocycles. The summed E-state index contributed by atoms with van der Waals surface area (Å²) in [5.74, 6) is 1.87. The van der Waals surface area contributed by atoms with Crippen LogP contribution in [-0.2, 0) is 0 Å². The third kappa shape index (κ3) is 2.68. The molecule has 94 valence electrons. The van der Waals surface area contributed by atoms with E-state index in [-0.39, 0.29) is 0 Å². The summed E-state index contributed by atoms with van der Waals surface area (Å²) in [7, 11) is 0. The Balaban J connectivity index is 2.61. The van der Waals surface area contributed by atoms with E-state index in [4.69, 9.17) is 0 Å². The van der Waals surface area contributed by atoms with Crippen LogP contribution >= 0.6 is 0 Å². The zero-order valence-electron chi connectivity index (χ0n) is 11.4. The molecule has 0 aromatic rings. The lowest BCUT2D eigenvalue weighted by atomic mass is 9.72. The fourth-order valence-corrected chi connectivity index (χ4v) is 3.09. The van der Waals surface area contributed by atoms with E-state index in [9.17, 15) is 5.11 Å². The Hall–Kier alpha value is -0.300. The van der Waals surface area contributed by atoms with E-state index in [1.54, 1.807) is 0 Å². The largest absolute Gasteiger partial charge is 0.396 e. The summed E-state index contributed by atoms with van der Waals surface area (Å²) in [5, 5.41) is 9.26. The van der Waals surface area contributed by atoms with Gasteiger partial charge in [0.05, 0.1) is 0 Å². The van der Waals surface area contributed by atoms with Gasteiger partial charge in [-0.15, -0.1) is 0 Å². The monoisotopic (exact) mass is 224 g/mol. The number of hydrogen-bond acceptors (Lipinski definition) is 1. The van der Waals surface area contributed by atoms with E-state index in [0.717, 1.165) is 18.8 Å². The molecule has 1 fully saturated rings. The van der Waals surface area contributed by atoms with Crippen molar-refractivity contribution in [1.82, 2.24) is 0 Å². The molecule has 0 radical (unpaired) electrons. The predicted molar refractivity (Wildman–Crippen MR) is 70.3 cm³/mol. The molecular formula is C15H28O. The second-order valence-corrected chi connectivity index (χ2v) is 6.17. The van der Waals surface area contributed by atoms with Gasteiger partial charge in [-0.25, -0.2) is 0 Å². The molecule has 1 unspecified atom stereocenters. The molecule has 0 aliphatic heterocycles. The number of allylic oxidation sites excluding steroid dienone is 1. The SMILES string of the molecule is C=C(CC(CC)CO)[C@H]1CC[C@@H](C)C1(C)C. The van der Waals surface area contributed by atoms with Crippen LogP contribution in [0.4, 0.5) is 0 Å². The van der Waals surface area contributed by atoms with Crippen LogP contribution in [0.25, 0.3) is 0 Å². The Morgan fingerprint density at radius 3 is 2.44 bits per heavy atom. The van der Waals surface area contributed by atoms with Gasteiger partial charge in [0.15, 0.2) is 0 Å². The van der Waals surface area contributed by atoms with Crippen LogP contribution in [0, 0.1) is 23.2 Å². The summed E-state index contributed by atoms with van der Waals surface area (Å²) in [5.41, 5.74) is 1.76. The minimum absolute atomic E-state index is 0.304. The molecule has 1 N–H and O–H groups in total. The average Bonchev–Trinajstić information content (AvgIpc) is 2.50. The first-order chi connectivity index (χ1) is 7.43. The highest BCUT2D eigenvalue weighted by molar-refractivity contribution is 5.10. The predicted octanol–water partition coefficient (Wildman–Crippen LogP) is 4.02. The van der Waals surface area contributed by atoms with Crippen LogP contribution in [0.5, 0.6) is 0 Å². The van der Waals surface area contributed by atoms with Crippen molar-refractivity contribution < 1.29 is 5.11 Å². The van der Waals surface area contributed by atoms with Gasteiger partial charge in [0.1, 0.15) is 0 Å². The van der Waals surface area contributed by atoms with E-state index in [1.807, 2.05) is 0 Å². The standard InChI is InChI=1S/C15H28O/c1-6-13(10-16)9-11(2)14-8-7-12(3)15(14,4)5/h12-14,16H,2,6-10H2,1,3-5H3/t12-,13?,14-/m1/s1. The summed E-state index contributed by atoms with van der Waals surface area (Å²) in [6.45, 7) is 13.9. The van der Waals surface area contributed by atoms with Gasteiger partial charge in [0, 0.05) is 6.61 Å². The minimum atomic E-state index is 0.304. The first-order valence-electron chi connectivity index (χ1n) is 6.72. The maximum Gasteiger partial charge on any atom is 0.0462 e. The highest BCUT2D eigenvalue weighted by atomic mass is 16.3. The van der Waals surface area contributed by atoms with Crippen molar-refractivity contribution in [3.63, 3.8) is 0 Å². The van der Waals surface area contributed by atoms with Crippen molar-refractivity contribution in [2.24, 2.45) is 23.2 Å². The molecule has 1 saturated carbocycles. The van der Waals surface area contributed by atoms with Crippen LogP contribution < -0.4 is 0 Å². The molecule has 1 nitrogen and oxygen atoms in total. The first kappa shape index (κ1) is 13.8. The summed E-state index contributed by atoms with van der Waals surface area (Å²) in [4.78, 5) is 0. The maximum atomic E-state index is 9.26. The number of aliphatic hydroxyl groups is 1. The van der Waals surface area contributed by atoms with Gasteiger partial charge < -0.3 is 5.11 Å². The third-order valence-electron chi connectivity index (χ3n) is 4.94. The van der Waals surface area contributed by atoms with Crippen molar-refractivity contribution in [1.29, 1.82) is 0 Å². The normalized spacial score (nSPS) is 30.3. The molecule has 0 spiro atoms. The minimum Gasteiger partial charge on any atom is -0.396 e. The second-order valence-electron chi connectivity index (χ2n) is 6.17. The highest BCUT2D eigenvalue weighted by Crippen LogP contribution is 2.50. The summed E-state index contributed by atoms with van der Waals surface area (Å²) >= 11 is 0. The molecule has 0 aromatic heterocycles. The van der Waals surface area contributed by atoms with Crippen LogP contribution in [-0.4, -0.2) is 11.7 Å². The molecule has 16 heavy (non-hydrogen) atoms. The van der Waals surface area contributed by atoms with Crippen molar-refractivity contribution >= 4 is 0 Å². The molecule has 3 atom stereocenters. The molecule has 1 heteroatoms. The Bertz CT molecular complexity index is 238. The topological polar surface area (TPSA) is 20.2 Å². The first-order valence-corrected chi connectivity index (χ1v) is 6.72. The van der Waals surface area contributed by atoms with E-state index >= 15 is 0 Å². The van der Waals surface area contributed by atoms with E-state index in [1.165, 1.54) is 18.4 Å². The molecule has 0 amide bonds. The van der Waals surface area contributed by atoms with Gasteiger partial charge in [0.2, 0.25) is 0 Å². The number of rotatable bonds is 5. The summed E-state index contributed by atoms with van der Waals surface area (Å²) in [6.07, 6.45) is 4.67. The van der Waals surface area contributed by atoms with Gasteiger partial charge in [-0.1, -0.05) is 46.3 Å². The van der Waals surface area contributed by atoms with Gasteiger partial charge in [-0.05, 0) is 42.4 Å². The second kappa shape index (κ2) is 5.35. The summed E-state index contributed by atoms with van der Waals surface area (Å²) < 4.78 is 0. The molecule has 1 aliphatic carbocycles. The van der Waals surface area contributed by atoms with Crippen LogP contribution in [0.2, 0.25) is 0 Å². The van der Waals surface area contributed by atoms with Crippen LogP contribution in [0.15, 0.2) is 12.2 Å². The Labute approximate surface area is 101 Å². The van der Waals surface area contributed by atoms with Crippen molar-refractivity contribution in [2.75, 3.05) is 6.61 Å². The van der Waals surface area contributed by atoms with Crippen molar-refractivity contribution in [3.8, 4) is 0 Å². The maximum absolute atomic E-state index is 9.26. The molecular weight excluding hydrogens is 196 g/mol. The van der Waals surface area contributed by atoms with Gasteiger partial charge in [-0.2, -0.15) is 0 Å². The van der Waals surface area contributed by atoms with Crippen molar-refractivity contribution in [3.05, 3.63) is 12.2 Å². The zero-order chi connectivity index (χ0) is 12.3. The fraction of sp³-hybridized carbons (Fsp3) is 0.867. The Kier molecular flexibility index (Phi) is 4.61. The van der Waals surface area contributed by atoms with Crippen LogP contribution in [0.1, 0.15) is 53.4 Å². The van der Waals surface area contributed by atoms with Crippen molar-refractivity contribution in [2.45, 2.75) is 53.4 Å². The quantitative estimate of drug-likeness (QED) is 0.699. The summed E-state index contributed by atoms with van der Waals surface area (Å²) in [6, 6.07) is 0. The average molecular weight is 224 g/mol. The van der Waals surface area contributed by atoms with E-state index < -0.39 is 0 Å². The van der Waals surface area contributed by atoms with E-state index in [0.29, 0.717) is 23.9 Å². The lowest BCUT2D eigenvalue weighted by Gasteiger charge is -2.33. The molecule has 0 aromatic carbocycles. The Morgan fingerprint density at radius 1 is 1.44 bits per heavy atom. The molecule has 1 aliphatic rings. The van der Waals surface area contributed by atoms with Gasteiger partial charge in [0.25, 0.3) is 0 Å². The van der Waals surface area contributed by atoms with E-state index in [2.05, 4.69) is 34.3 Å². The molecule has 1 rings (SSSR count). The van der Waals surface area contributed by atoms with Gasteiger partial charge in [-0.3, -0.25) is 0 Å². The Morgan fingerprint density at radius 2 is 2.06 bits per heavy atom. The van der Waals surface area contributed by atoms with Gasteiger partial charge >= 0.3 is 0 Å². The lowest BCUT2D eigenvalue weighted by molar-refractivity contribution is 0.196. The number of aliphatic hydroxyl groups excluding tert-OH is 1. The third-order valence-corrected chi connectivity index (χ3v) is 4.94. The fourth-order valence-electron chi connectivity index (χ4n) is 3.09. The smallest absolute Gasteiger partial charge is 0.0462 e. The lowest BCUT2D eigenvalue weighted by Crippen LogP contribution is -2.25.